The second-order valence-electron chi connectivity index (χ2n) is 6.98. The fraction of sp³-hybridized carbons (Fsp3) is 0.273. The number of benzene rings is 2. The number of hydrogen-bond donors (Lipinski definition) is 0. The SMILES string of the molecule is CC(=O)c1ccc(N=C2C(=O)c3ccccc3C(=O)C2N2CCCC2)cc1. The van der Waals surface area contributed by atoms with Crippen LogP contribution in [0.25, 0.3) is 0 Å². The first-order chi connectivity index (χ1) is 13.1. The second-order valence-corrected chi connectivity index (χ2v) is 6.98. The number of hydrogen-bond acceptors (Lipinski definition) is 5. The van der Waals surface area contributed by atoms with Crippen LogP contribution in [0.3, 0.4) is 0 Å². The third kappa shape index (κ3) is 3.15. The molecule has 1 saturated heterocycles. The zero-order valence-electron chi connectivity index (χ0n) is 15.1. The summed E-state index contributed by atoms with van der Waals surface area (Å²) in [5, 5.41) is 0. The molecule has 5 heteroatoms. The van der Waals surface area contributed by atoms with Crippen molar-refractivity contribution in [1.82, 2.24) is 4.90 Å². The van der Waals surface area contributed by atoms with Gasteiger partial charge in [-0.15, -0.1) is 0 Å². The Kier molecular flexibility index (Phi) is 4.54. The smallest absolute Gasteiger partial charge is 0.210 e. The van der Waals surface area contributed by atoms with Gasteiger partial charge >= 0.3 is 0 Å². The van der Waals surface area contributed by atoms with Crippen molar-refractivity contribution in [3.8, 4) is 0 Å². The maximum Gasteiger partial charge on any atom is 0.210 e. The van der Waals surface area contributed by atoms with Gasteiger partial charge in [0.2, 0.25) is 5.78 Å². The monoisotopic (exact) mass is 360 g/mol. The Morgan fingerprint density at radius 1 is 0.963 bits per heavy atom. The topological polar surface area (TPSA) is 66.8 Å². The zero-order chi connectivity index (χ0) is 19.0. The molecule has 2 aromatic rings. The van der Waals surface area contributed by atoms with Crippen molar-refractivity contribution in [2.24, 2.45) is 4.99 Å². The Hall–Kier alpha value is -2.92. The highest BCUT2D eigenvalue weighted by atomic mass is 16.1. The largest absolute Gasteiger partial charge is 0.295 e. The molecule has 5 nitrogen and oxygen atoms in total. The third-order valence-corrected chi connectivity index (χ3v) is 5.21. The number of rotatable bonds is 3. The van der Waals surface area contributed by atoms with E-state index in [9.17, 15) is 14.4 Å². The summed E-state index contributed by atoms with van der Waals surface area (Å²) in [5.74, 6) is -0.286. The molecule has 1 fully saturated rings. The molecule has 0 saturated carbocycles. The Morgan fingerprint density at radius 2 is 1.59 bits per heavy atom. The van der Waals surface area contributed by atoms with Crippen LogP contribution >= 0.6 is 0 Å². The van der Waals surface area contributed by atoms with Crippen LogP contribution in [-0.2, 0) is 0 Å². The van der Waals surface area contributed by atoms with E-state index < -0.39 is 6.04 Å². The van der Waals surface area contributed by atoms with Gasteiger partial charge in [-0.1, -0.05) is 24.3 Å². The van der Waals surface area contributed by atoms with E-state index in [0.717, 1.165) is 25.9 Å². The zero-order valence-corrected chi connectivity index (χ0v) is 15.1. The van der Waals surface area contributed by atoms with E-state index in [4.69, 9.17) is 0 Å². The van der Waals surface area contributed by atoms with Crippen LogP contribution in [0.2, 0.25) is 0 Å². The van der Waals surface area contributed by atoms with Crippen molar-refractivity contribution in [3.05, 3.63) is 65.2 Å². The van der Waals surface area contributed by atoms with Gasteiger partial charge in [0.05, 0.1) is 5.69 Å². The number of Topliss-reactive ketones (excluding diaryl/α,β-unsaturated/α-hetero) is 3. The molecule has 1 aliphatic heterocycles. The van der Waals surface area contributed by atoms with Crippen LogP contribution in [0.15, 0.2) is 53.5 Å². The van der Waals surface area contributed by atoms with Crippen LogP contribution < -0.4 is 0 Å². The van der Waals surface area contributed by atoms with E-state index in [1.165, 1.54) is 6.92 Å². The molecule has 1 unspecified atom stereocenters. The molecule has 0 spiro atoms. The van der Waals surface area contributed by atoms with E-state index in [0.29, 0.717) is 22.4 Å². The summed E-state index contributed by atoms with van der Waals surface area (Å²) in [7, 11) is 0. The van der Waals surface area contributed by atoms with Crippen LogP contribution in [0.5, 0.6) is 0 Å². The van der Waals surface area contributed by atoms with Crippen molar-refractivity contribution in [2.75, 3.05) is 13.1 Å². The summed E-state index contributed by atoms with van der Waals surface area (Å²) in [6.45, 7) is 3.08. The van der Waals surface area contributed by atoms with E-state index >= 15 is 0 Å². The van der Waals surface area contributed by atoms with Gasteiger partial charge < -0.3 is 0 Å². The summed E-state index contributed by atoms with van der Waals surface area (Å²) < 4.78 is 0. The van der Waals surface area contributed by atoms with Crippen LogP contribution in [0.4, 0.5) is 5.69 Å². The normalized spacial score (nSPS) is 21.5. The molecule has 27 heavy (non-hydrogen) atoms. The molecule has 2 aliphatic rings. The standard InChI is InChI=1S/C22H20N2O3/c1-14(25)15-8-10-16(11-9-15)23-19-20(24-12-4-5-13-24)22(27)18-7-3-2-6-17(18)21(19)26/h2-3,6-11,20H,4-5,12-13H2,1H3. The number of carbonyl (C=O) groups is 3. The fourth-order valence-corrected chi connectivity index (χ4v) is 3.79. The van der Waals surface area contributed by atoms with Gasteiger partial charge in [0.25, 0.3) is 0 Å². The first-order valence-corrected chi connectivity index (χ1v) is 9.18. The lowest BCUT2D eigenvalue weighted by atomic mass is 9.83. The highest BCUT2D eigenvalue weighted by Gasteiger charge is 2.42. The average Bonchev–Trinajstić information content (AvgIpc) is 3.21. The Balaban J connectivity index is 1.81. The number of aliphatic imine (C=N–C) groups is 1. The minimum atomic E-state index is -0.637. The molecule has 0 aromatic heterocycles. The summed E-state index contributed by atoms with van der Waals surface area (Å²) >= 11 is 0. The molecule has 2 aromatic carbocycles. The van der Waals surface area contributed by atoms with Gasteiger partial charge in [-0.05, 0) is 57.1 Å². The maximum absolute atomic E-state index is 13.2. The number of likely N-dealkylation sites (tertiary alicyclic amines) is 1. The number of ketones is 3. The molecule has 1 aliphatic carbocycles. The Bertz CT molecular complexity index is 954. The van der Waals surface area contributed by atoms with Crippen LogP contribution in [0.1, 0.15) is 50.8 Å². The van der Waals surface area contributed by atoms with E-state index in [1.807, 2.05) is 0 Å². The van der Waals surface area contributed by atoms with Gasteiger partial charge in [0.1, 0.15) is 11.8 Å². The van der Waals surface area contributed by atoms with Crippen molar-refractivity contribution in [3.63, 3.8) is 0 Å². The van der Waals surface area contributed by atoms with Crippen molar-refractivity contribution in [1.29, 1.82) is 0 Å². The fourth-order valence-electron chi connectivity index (χ4n) is 3.79. The Morgan fingerprint density at radius 3 is 2.22 bits per heavy atom. The maximum atomic E-state index is 13.2. The quantitative estimate of drug-likeness (QED) is 0.786. The summed E-state index contributed by atoms with van der Waals surface area (Å²) in [5.41, 5.74) is 2.32. The van der Waals surface area contributed by atoms with Crippen LogP contribution in [0, 0.1) is 0 Å². The lowest BCUT2D eigenvalue weighted by Gasteiger charge is -2.31. The minimum Gasteiger partial charge on any atom is -0.295 e. The van der Waals surface area contributed by atoms with E-state index in [-0.39, 0.29) is 23.1 Å². The second kappa shape index (κ2) is 7.00. The number of nitrogens with zero attached hydrogens (tertiary/aromatic N) is 2. The molecule has 4 rings (SSSR count). The first-order valence-electron chi connectivity index (χ1n) is 9.18. The average molecular weight is 360 g/mol. The summed E-state index contributed by atoms with van der Waals surface area (Å²) in [4.78, 5) is 44.4. The van der Waals surface area contributed by atoms with Gasteiger partial charge in [0, 0.05) is 16.7 Å². The molecule has 136 valence electrons. The van der Waals surface area contributed by atoms with Gasteiger partial charge in [-0.25, -0.2) is 4.99 Å². The minimum absolute atomic E-state index is 0.0259. The molecule has 1 heterocycles. The predicted octanol–water partition coefficient (Wildman–Crippen LogP) is 3.51. The van der Waals surface area contributed by atoms with Crippen molar-refractivity contribution < 1.29 is 14.4 Å². The van der Waals surface area contributed by atoms with Gasteiger partial charge in [-0.2, -0.15) is 0 Å². The van der Waals surface area contributed by atoms with Gasteiger partial charge in [0.15, 0.2) is 11.6 Å². The third-order valence-electron chi connectivity index (χ3n) is 5.21. The molecule has 1 atom stereocenters. The molecule has 0 amide bonds. The predicted molar refractivity (Wildman–Crippen MR) is 103 cm³/mol. The molecular weight excluding hydrogens is 340 g/mol. The molecule has 0 N–H and O–H groups in total. The highest BCUT2D eigenvalue weighted by Crippen LogP contribution is 2.27. The first kappa shape index (κ1) is 17.5. The van der Waals surface area contributed by atoms with Crippen molar-refractivity contribution >= 4 is 28.7 Å². The van der Waals surface area contributed by atoms with E-state index in [2.05, 4.69) is 9.89 Å². The molecule has 0 radical (unpaired) electrons. The molecule has 0 bridgehead atoms. The lowest BCUT2D eigenvalue weighted by molar-refractivity contribution is 0.0873. The number of fused-ring (bicyclic) bond motifs is 1. The van der Waals surface area contributed by atoms with E-state index in [1.54, 1.807) is 48.5 Å². The molecular formula is C22H20N2O3. The number of carbonyl (C=O) groups excluding carboxylic acids is 3. The highest BCUT2D eigenvalue weighted by molar-refractivity contribution is 6.55. The Labute approximate surface area is 157 Å². The summed E-state index contributed by atoms with van der Waals surface area (Å²) in [6.07, 6.45) is 2.03. The van der Waals surface area contributed by atoms with Crippen molar-refractivity contribution in [2.45, 2.75) is 25.8 Å². The lowest BCUT2D eigenvalue weighted by Crippen LogP contribution is -2.51. The van der Waals surface area contributed by atoms with Crippen LogP contribution in [-0.4, -0.2) is 47.1 Å². The van der Waals surface area contributed by atoms with Gasteiger partial charge in [-0.3, -0.25) is 19.3 Å². The summed E-state index contributed by atoms with van der Waals surface area (Å²) in [6, 6.07) is 13.1.